The summed E-state index contributed by atoms with van der Waals surface area (Å²) in [4.78, 5) is 41.0. The Morgan fingerprint density at radius 1 is 0.966 bits per heavy atom. The van der Waals surface area contributed by atoms with E-state index in [0.29, 0.717) is 22.5 Å². The van der Waals surface area contributed by atoms with E-state index >= 15 is 0 Å². The molecule has 6 nitrogen and oxygen atoms in total. The van der Waals surface area contributed by atoms with E-state index in [9.17, 15) is 14.4 Å². The zero-order chi connectivity index (χ0) is 20.4. The molecule has 2 heterocycles. The maximum Gasteiger partial charge on any atom is 0.259 e. The first-order valence-corrected chi connectivity index (χ1v) is 9.84. The van der Waals surface area contributed by atoms with Gasteiger partial charge >= 0.3 is 0 Å². The van der Waals surface area contributed by atoms with Gasteiger partial charge in [0.2, 0.25) is 5.91 Å². The highest BCUT2D eigenvalue weighted by molar-refractivity contribution is 6.11. The van der Waals surface area contributed by atoms with Crippen molar-refractivity contribution in [2.75, 3.05) is 25.0 Å². The number of amides is 3. The minimum Gasteiger partial charge on any atom is -0.339 e. The van der Waals surface area contributed by atoms with E-state index in [1.165, 1.54) is 4.90 Å². The number of benzene rings is 2. The monoisotopic (exact) mass is 389 g/mol. The number of anilines is 1. The second-order valence-electron chi connectivity index (χ2n) is 7.37. The van der Waals surface area contributed by atoms with E-state index in [2.05, 4.69) is 11.9 Å². The molecule has 6 heteroatoms. The number of likely N-dealkylation sites (tertiary alicyclic amines) is 1. The average molecular weight is 389 g/mol. The lowest BCUT2D eigenvalue weighted by molar-refractivity contribution is -0.116. The van der Waals surface area contributed by atoms with E-state index in [1.807, 2.05) is 17.0 Å². The van der Waals surface area contributed by atoms with Gasteiger partial charge in [0, 0.05) is 41.2 Å². The summed E-state index contributed by atoms with van der Waals surface area (Å²) in [5, 5.41) is 2.79. The fourth-order valence-electron chi connectivity index (χ4n) is 3.86. The quantitative estimate of drug-likeness (QED) is 0.872. The van der Waals surface area contributed by atoms with Crippen LogP contribution in [-0.4, -0.2) is 47.2 Å². The summed E-state index contributed by atoms with van der Waals surface area (Å²) in [6, 6.07) is 14.1. The van der Waals surface area contributed by atoms with Crippen molar-refractivity contribution in [1.82, 2.24) is 9.80 Å². The zero-order valence-corrected chi connectivity index (χ0v) is 16.2. The van der Waals surface area contributed by atoms with E-state index in [-0.39, 0.29) is 24.3 Å². The summed E-state index contributed by atoms with van der Waals surface area (Å²) in [5.74, 6) is -0.580. The van der Waals surface area contributed by atoms with Gasteiger partial charge in [0.1, 0.15) is 6.54 Å². The Kier molecular flexibility index (Phi) is 5.16. The predicted molar refractivity (Wildman–Crippen MR) is 111 cm³/mol. The number of fused-ring (bicyclic) bond motifs is 1. The summed E-state index contributed by atoms with van der Waals surface area (Å²) >= 11 is 0. The number of carbonyl (C=O) groups is 3. The third-order valence-corrected chi connectivity index (χ3v) is 5.38. The number of hydrogen-bond acceptors (Lipinski definition) is 3. The minimum absolute atomic E-state index is 0.0145. The van der Waals surface area contributed by atoms with Crippen molar-refractivity contribution in [3.05, 3.63) is 71.8 Å². The standard InChI is InChI=1S/C23H23N3O3/c1-16-19-10-3-4-11-20(19)23(29)26(16)15-21(27)24-18-9-7-8-17(14-18)22(28)25-12-5-2-6-13-25/h3-4,7-11,14H,1-2,5-6,12-13,15H2,(H,24,27). The van der Waals surface area contributed by atoms with Gasteiger partial charge in [0.25, 0.3) is 11.8 Å². The van der Waals surface area contributed by atoms with Crippen LogP contribution in [-0.2, 0) is 4.79 Å². The van der Waals surface area contributed by atoms with Crippen molar-refractivity contribution >= 4 is 29.1 Å². The molecule has 1 fully saturated rings. The van der Waals surface area contributed by atoms with Crippen molar-refractivity contribution in [2.24, 2.45) is 0 Å². The molecule has 1 saturated heterocycles. The highest BCUT2D eigenvalue weighted by Gasteiger charge is 2.31. The Balaban J connectivity index is 1.42. The number of hydrogen-bond donors (Lipinski definition) is 1. The average Bonchev–Trinajstić information content (AvgIpc) is 2.99. The van der Waals surface area contributed by atoms with Crippen molar-refractivity contribution in [3.8, 4) is 0 Å². The van der Waals surface area contributed by atoms with Gasteiger partial charge in [-0.25, -0.2) is 0 Å². The van der Waals surface area contributed by atoms with Crippen LogP contribution in [0, 0.1) is 0 Å². The maximum atomic E-state index is 12.7. The topological polar surface area (TPSA) is 69.7 Å². The first-order valence-electron chi connectivity index (χ1n) is 9.84. The van der Waals surface area contributed by atoms with Crippen molar-refractivity contribution < 1.29 is 14.4 Å². The lowest BCUT2D eigenvalue weighted by Gasteiger charge is -2.26. The predicted octanol–water partition coefficient (Wildman–Crippen LogP) is 3.38. The molecular formula is C23H23N3O3. The number of nitrogens with one attached hydrogen (secondary N) is 1. The van der Waals surface area contributed by atoms with Gasteiger partial charge in [-0.2, -0.15) is 0 Å². The van der Waals surface area contributed by atoms with Gasteiger partial charge < -0.3 is 10.2 Å². The van der Waals surface area contributed by atoms with Gasteiger partial charge in [0.05, 0.1) is 0 Å². The molecule has 2 aliphatic rings. The fraction of sp³-hybridized carbons (Fsp3) is 0.261. The fourth-order valence-corrected chi connectivity index (χ4v) is 3.86. The van der Waals surface area contributed by atoms with Crippen molar-refractivity contribution in [1.29, 1.82) is 0 Å². The highest BCUT2D eigenvalue weighted by Crippen LogP contribution is 2.30. The van der Waals surface area contributed by atoms with E-state index in [0.717, 1.165) is 37.9 Å². The molecule has 1 N–H and O–H groups in total. The van der Waals surface area contributed by atoms with Crippen LogP contribution in [0.25, 0.3) is 5.70 Å². The number of piperidine rings is 1. The van der Waals surface area contributed by atoms with Crippen molar-refractivity contribution in [2.45, 2.75) is 19.3 Å². The molecule has 0 aliphatic carbocycles. The molecule has 2 aromatic rings. The van der Waals surface area contributed by atoms with Gasteiger partial charge in [-0.05, 0) is 43.5 Å². The molecule has 0 saturated carbocycles. The van der Waals surface area contributed by atoms with Crippen LogP contribution in [0.1, 0.15) is 45.5 Å². The number of rotatable bonds is 4. The maximum absolute atomic E-state index is 12.7. The summed E-state index contributed by atoms with van der Waals surface area (Å²) in [5.41, 5.74) is 2.92. The van der Waals surface area contributed by atoms with E-state index in [1.54, 1.807) is 36.4 Å². The molecule has 0 spiro atoms. The zero-order valence-electron chi connectivity index (χ0n) is 16.2. The highest BCUT2D eigenvalue weighted by atomic mass is 16.2. The Morgan fingerprint density at radius 2 is 1.69 bits per heavy atom. The number of nitrogens with zero attached hydrogens (tertiary/aromatic N) is 2. The SMILES string of the molecule is C=C1c2ccccc2C(=O)N1CC(=O)Nc1cccc(C(=O)N2CCCCC2)c1. The Bertz CT molecular complexity index is 957. The Hall–Kier alpha value is -3.41. The van der Waals surface area contributed by atoms with Crippen LogP contribution in [0.15, 0.2) is 55.1 Å². The second-order valence-corrected chi connectivity index (χ2v) is 7.37. The summed E-state index contributed by atoms with van der Waals surface area (Å²) in [7, 11) is 0. The van der Waals surface area contributed by atoms with Gasteiger partial charge in [-0.1, -0.05) is 30.8 Å². The molecule has 29 heavy (non-hydrogen) atoms. The lowest BCUT2D eigenvalue weighted by Crippen LogP contribution is -2.35. The molecule has 0 bridgehead atoms. The summed E-state index contributed by atoms with van der Waals surface area (Å²) in [6.07, 6.45) is 3.21. The van der Waals surface area contributed by atoms with Crippen LogP contribution in [0.2, 0.25) is 0 Å². The molecule has 148 valence electrons. The first kappa shape index (κ1) is 18.9. The molecule has 0 radical (unpaired) electrons. The third-order valence-electron chi connectivity index (χ3n) is 5.38. The molecule has 0 aromatic heterocycles. The van der Waals surface area contributed by atoms with Crippen LogP contribution in [0.4, 0.5) is 5.69 Å². The molecule has 0 atom stereocenters. The lowest BCUT2D eigenvalue weighted by atomic mass is 10.1. The molecule has 3 amide bonds. The van der Waals surface area contributed by atoms with Crippen LogP contribution in [0.5, 0.6) is 0 Å². The number of carbonyl (C=O) groups excluding carboxylic acids is 3. The van der Waals surface area contributed by atoms with Gasteiger partial charge in [-0.3, -0.25) is 19.3 Å². The van der Waals surface area contributed by atoms with Crippen LogP contribution >= 0.6 is 0 Å². The minimum atomic E-state index is -0.338. The second kappa shape index (κ2) is 7.91. The largest absolute Gasteiger partial charge is 0.339 e. The van der Waals surface area contributed by atoms with Crippen LogP contribution < -0.4 is 5.32 Å². The van der Waals surface area contributed by atoms with Crippen LogP contribution in [0.3, 0.4) is 0 Å². The molecule has 2 aromatic carbocycles. The Labute approximate surface area is 169 Å². The van der Waals surface area contributed by atoms with Gasteiger partial charge in [-0.15, -0.1) is 0 Å². The summed E-state index contributed by atoms with van der Waals surface area (Å²) < 4.78 is 0. The van der Waals surface area contributed by atoms with Gasteiger partial charge in [0.15, 0.2) is 0 Å². The third kappa shape index (κ3) is 3.78. The Morgan fingerprint density at radius 3 is 2.41 bits per heavy atom. The smallest absolute Gasteiger partial charge is 0.259 e. The summed E-state index contributed by atoms with van der Waals surface area (Å²) in [6.45, 7) is 5.37. The van der Waals surface area contributed by atoms with E-state index in [4.69, 9.17) is 0 Å². The van der Waals surface area contributed by atoms with E-state index < -0.39 is 0 Å². The molecule has 4 rings (SSSR count). The molecule has 2 aliphatic heterocycles. The van der Waals surface area contributed by atoms with Crippen molar-refractivity contribution in [3.63, 3.8) is 0 Å². The normalized spacial score (nSPS) is 16.0. The molecule has 0 unspecified atom stereocenters. The molecular weight excluding hydrogens is 366 g/mol. The first-order chi connectivity index (χ1) is 14.0.